The number of ether oxygens (including phenoxy) is 1. The van der Waals surface area contributed by atoms with Gasteiger partial charge in [0.1, 0.15) is 18.1 Å². The molecule has 0 aliphatic carbocycles. The number of hydrogen-bond donors (Lipinski definition) is 1. The van der Waals surface area contributed by atoms with Crippen molar-refractivity contribution in [1.29, 1.82) is 0 Å². The molecular formula is C17H21NO3. The van der Waals surface area contributed by atoms with Gasteiger partial charge in [-0.05, 0) is 42.7 Å². The maximum absolute atomic E-state index is 11.7. The van der Waals surface area contributed by atoms with Crippen LogP contribution in [0.3, 0.4) is 0 Å². The molecule has 0 radical (unpaired) electrons. The number of aryl methyl sites for hydroxylation is 1. The van der Waals surface area contributed by atoms with E-state index in [9.17, 15) is 4.79 Å². The van der Waals surface area contributed by atoms with Gasteiger partial charge in [-0.2, -0.15) is 0 Å². The van der Waals surface area contributed by atoms with Crippen LogP contribution in [-0.2, 0) is 0 Å². The van der Waals surface area contributed by atoms with Gasteiger partial charge in [-0.3, -0.25) is 4.79 Å². The van der Waals surface area contributed by atoms with Crippen molar-refractivity contribution in [2.24, 2.45) is 0 Å². The minimum atomic E-state index is -0.221. The summed E-state index contributed by atoms with van der Waals surface area (Å²) in [6, 6.07) is 11.5. The molecule has 0 saturated heterocycles. The van der Waals surface area contributed by atoms with Crippen molar-refractivity contribution in [1.82, 2.24) is 5.32 Å². The number of carbonyl (C=O) groups is 1. The second-order valence-corrected chi connectivity index (χ2v) is 5.24. The van der Waals surface area contributed by atoms with Gasteiger partial charge in [0, 0.05) is 0 Å². The third kappa shape index (κ3) is 4.38. The van der Waals surface area contributed by atoms with Crippen molar-refractivity contribution in [3.63, 3.8) is 0 Å². The molecule has 0 aliphatic rings. The smallest absolute Gasteiger partial charge is 0.287 e. The average molecular weight is 287 g/mol. The maximum atomic E-state index is 11.7. The average Bonchev–Trinajstić information content (AvgIpc) is 2.90. The van der Waals surface area contributed by atoms with Crippen LogP contribution in [0.25, 0.3) is 0 Å². The van der Waals surface area contributed by atoms with Gasteiger partial charge in [0.2, 0.25) is 0 Å². The zero-order valence-corrected chi connectivity index (χ0v) is 12.7. The van der Waals surface area contributed by atoms with E-state index in [2.05, 4.69) is 31.3 Å². The number of carbonyl (C=O) groups excluding carboxylic acids is 1. The van der Waals surface area contributed by atoms with E-state index in [1.807, 2.05) is 12.1 Å². The Bertz CT molecular complexity index is 584. The molecule has 2 aromatic rings. The highest BCUT2D eigenvalue weighted by Gasteiger charge is 2.08. The van der Waals surface area contributed by atoms with Crippen molar-refractivity contribution in [3.8, 4) is 5.75 Å². The number of benzene rings is 1. The van der Waals surface area contributed by atoms with Crippen LogP contribution in [0.1, 0.15) is 41.6 Å². The zero-order chi connectivity index (χ0) is 15.2. The minimum Gasteiger partial charge on any atom is -0.492 e. The van der Waals surface area contributed by atoms with Gasteiger partial charge in [-0.25, -0.2) is 0 Å². The van der Waals surface area contributed by atoms with Crippen molar-refractivity contribution >= 4 is 5.91 Å². The van der Waals surface area contributed by atoms with E-state index in [0.29, 0.717) is 24.8 Å². The number of rotatable bonds is 6. The lowest BCUT2D eigenvalue weighted by Gasteiger charge is -2.09. The normalized spacial score (nSPS) is 10.7. The summed E-state index contributed by atoms with van der Waals surface area (Å²) in [5.74, 6) is 2.15. The Morgan fingerprint density at radius 2 is 1.90 bits per heavy atom. The minimum absolute atomic E-state index is 0.221. The highest BCUT2D eigenvalue weighted by molar-refractivity contribution is 5.91. The van der Waals surface area contributed by atoms with E-state index in [0.717, 1.165) is 11.5 Å². The van der Waals surface area contributed by atoms with E-state index in [1.165, 1.54) is 5.56 Å². The Kier molecular flexibility index (Phi) is 5.04. The van der Waals surface area contributed by atoms with Crippen LogP contribution < -0.4 is 10.1 Å². The van der Waals surface area contributed by atoms with E-state index < -0.39 is 0 Å². The Balaban J connectivity index is 1.73. The first-order valence-corrected chi connectivity index (χ1v) is 7.13. The summed E-state index contributed by atoms with van der Waals surface area (Å²) in [5, 5.41) is 2.75. The number of amides is 1. The molecule has 0 saturated carbocycles. The SMILES string of the molecule is Cc1ccc(C(=O)NCCOc2ccc(C(C)C)cc2)o1. The summed E-state index contributed by atoms with van der Waals surface area (Å²) in [6.45, 7) is 6.97. The van der Waals surface area contributed by atoms with Crippen molar-refractivity contribution in [2.45, 2.75) is 26.7 Å². The first kappa shape index (κ1) is 15.2. The number of hydrogen-bond acceptors (Lipinski definition) is 3. The standard InChI is InChI=1S/C17H21NO3/c1-12(2)14-5-7-15(8-6-14)20-11-10-18-17(19)16-9-4-13(3)21-16/h4-9,12H,10-11H2,1-3H3,(H,18,19). The van der Waals surface area contributed by atoms with E-state index >= 15 is 0 Å². The van der Waals surface area contributed by atoms with Gasteiger partial charge in [-0.1, -0.05) is 26.0 Å². The predicted octanol–water partition coefficient (Wildman–Crippen LogP) is 3.52. The van der Waals surface area contributed by atoms with E-state index in [-0.39, 0.29) is 5.91 Å². The lowest BCUT2D eigenvalue weighted by Crippen LogP contribution is -2.27. The molecule has 21 heavy (non-hydrogen) atoms. The largest absolute Gasteiger partial charge is 0.492 e. The number of nitrogens with one attached hydrogen (secondary N) is 1. The molecule has 0 atom stereocenters. The predicted molar refractivity (Wildman–Crippen MR) is 81.8 cm³/mol. The molecule has 2 rings (SSSR count). The quantitative estimate of drug-likeness (QED) is 0.827. The van der Waals surface area contributed by atoms with Gasteiger partial charge in [0.25, 0.3) is 5.91 Å². The van der Waals surface area contributed by atoms with Crippen LogP contribution in [0, 0.1) is 6.92 Å². The topological polar surface area (TPSA) is 51.5 Å². The van der Waals surface area contributed by atoms with Gasteiger partial charge in [-0.15, -0.1) is 0 Å². The Hall–Kier alpha value is -2.23. The Labute approximate surface area is 125 Å². The second kappa shape index (κ2) is 6.97. The van der Waals surface area contributed by atoms with Crippen LogP contribution in [0.5, 0.6) is 5.75 Å². The molecule has 1 N–H and O–H groups in total. The summed E-state index contributed by atoms with van der Waals surface area (Å²) in [6.07, 6.45) is 0. The molecule has 0 unspecified atom stereocenters. The molecule has 1 heterocycles. The van der Waals surface area contributed by atoms with Crippen LogP contribution >= 0.6 is 0 Å². The van der Waals surface area contributed by atoms with E-state index in [1.54, 1.807) is 19.1 Å². The van der Waals surface area contributed by atoms with Crippen molar-refractivity contribution < 1.29 is 13.9 Å². The monoisotopic (exact) mass is 287 g/mol. The van der Waals surface area contributed by atoms with Gasteiger partial charge in [0.15, 0.2) is 5.76 Å². The first-order chi connectivity index (χ1) is 10.1. The Morgan fingerprint density at radius 3 is 2.48 bits per heavy atom. The maximum Gasteiger partial charge on any atom is 0.287 e. The fourth-order valence-electron chi connectivity index (χ4n) is 1.93. The lowest BCUT2D eigenvalue weighted by molar-refractivity contribution is 0.0918. The highest BCUT2D eigenvalue weighted by Crippen LogP contribution is 2.18. The highest BCUT2D eigenvalue weighted by atomic mass is 16.5. The lowest BCUT2D eigenvalue weighted by atomic mass is 10.0. The number of furan rings is 1. The zero-order valence-electron chi connectivity index (χ0n) is 12.7. The van der Waals surface area contributed by atoms with Gasteiger partial charge < -0.3 is 14.5 Å². The van der Waals surface area contributed by atoms with Crippen LogP contribution in [0.4, 0.5) is 0 Å². The van der Waals surface area contributed by atoms with Crippen LogP contribution in [-0.4, -0.2) is 19.1 Å². The molecule has 112 valence electrons. The molecular weight excluding hydrogens is 266 g/mol. The summed E-state index contributed by atoms with van der Waals surface area (Å²) >= 11 is 0. The third-order valence-corrected chi connectivity index (χ3v) is 3.17. The first-order valence-electron chi connectivity index (χ1n) is 7.13. The fourth-order valence-corrected chi connectivity index (χ4v) is 1.93. The van der Waals surface area contributed by atoms with Crippen molar-refractivity contribution in [2.75, 3.05) is 13.2 Å². The second-order valence-electron chi connectivity index (χ2n) is 5.24. The molecule has 0 fully saturated rings. The summed E-state index contributed by atoms with van der Waals surface area (Å²) in [5.41, 5.74) is 1.28. The summed E-state index contributed by atoms with van der Waals surface area (Å²) in [7, 11) is 0. The molecule has 1 amide bonds. The third-order valence-electron chi connectivity index (χ3n) is 3.17. The van der Waals surface area contributed by atoms with Crippen molar-refractivity contribution in [3.05, 3.63) is 53.5 Å². The molecule has 0 spiro atoms. The van der Waals surface area contributed by atoms with E-state index in [4.69, 9.17) is 9.15 Å². The molecule has 1 aromatic heterocycles. The van der Waals surface area contributed by atoms with Gasteiger partial charge >= 0.3 is 0 Å². The molecule has 1 aromatic carbocycles. The van der Waals surface area contributed by atoms with Gasteiger partial charge in [0.05, 0.1) is 6.54 Å². The van der Waals surface area contributed by atoms with Crippen LogP contribution in [0.2, 0.25) is 0 Å². The summed E-state index contributed by atoms with van der Waals surface area (Å²) in [4.78, 5) is 11.7. The molecule has 4 heteroatoms. The molecule has 0 aliphatic heterocycles. The van der Waals surface area contributed by atoms with Crippen LogP contribution in [0.15, 0.2) is 40.8 Å². The fraction of sp³-hybridized carbons (Fsp3) is 0.353. The Morgan fingerprint density at radius 1 is 1.19 bits per heavy atom. The molecule has 4 nitrogen and oxygen atoms in total. The molecule has 0 bridgehead atoms. The summed E-state index contributed by atoms with van der Waals surface area (Å²) < 4.78 is 10.8.